The van der Waals surface area contributed by atoms with E-state index in [0.717, 1.165) is 11.1 Å². The van der Waals surface area contributed by atoms with Crippen molar-refractivity contribution in [2.24, 2.45) is 0 Å². The summed E-state index contributed by atoms with van der Waals surface area (Å²) in [6.45, 7) is 3.09. The van der Waals surface area contributed by atoms with Gasteiger partial charge < -0.3 is 19.9 Å². The molecule has 0 saturated heterocycles. The van der Waals surface area contributed by atoms with Crippen LogP contribution >= 0.6 is 0 Å². The van der Waals surface area contributed by atoms with Gasteiger partial charge in [-0.3, -0.25) is 4.79 Å². The molecule has 20 heavy (non-hydrogen) atoms. The molecule has 2 N–H and O–H groups in total. The summed E-state index contributed by atoms with van der Waals surface area (Å²) in [7, 11) is 1.18. The predicted molar refractivity (Wildman–Crippen MR) is 72.4 cm³/mol. The third kappa shape index (κ3) is 4.89. The van der Waals surface area contributed by atoms with Crippen molar-refractivity contribution in [2.45, 2.75) is 19.9 Å². The number of hydrogen-bond acceptors (Lipinski definition) is 5. The number of aliphatic hydroxyl groups excluding tert-OH is 1. The van der Waals surface area contributed by atoms with Crippen molar-refractivity contribution in [2.75, 3.05) is 20.3 Å². The fourth-order valence-electron chi connectivity index (χ4n) is 1.72. The van der Waals surface area contributed by atoms with Gasteiger partial charge in [-0.2, -0.15) is 0 Å². The van der Waals surface area contributed by atoms with Gasteiger partial charge in [0, 0.05) is 0 Å². The third-order valence-corrected chi connectivity index (χ3v) is 2.57. The van der Waals surface area contributed by atoms with Gasteiger partial charge in [0.2, 0.25) is 0 Å². The van der Waals surface area contributed by atoms with E-state index in [-0.39, 0.29) is 6.61 Å². The Morgan fingerprint density at radius 2 is 1.85 bits per heavy atom. The van der Waals surface area contributed by atoms with Crippen molar-refractivity contribution in [1.29, 1.82) is 0 Å². The second-order valence-corrected chi connectivity index (χ2v) is 4.44. The molecule has 1 amide bonds. The molecule has 0 aliphatic rings. The van der Waals surface area contributed by atoms with Crippen LogP contribution in [0.4, 0.5) is 0 Å². The Labute approximate surface area is 117 Å². The Balaban J connectivity index is 2.52. The molecule has 0 unspecified atom stereocenters. The number of nitrogens with one attached hydrogen (secondary N) is 1. The highest BCUT2D eigenvalue weighted by Gasteiger charge is 2.20. The SMILES string of the molecule is COC(=O)[C@H](CO)NC(=O)COc1cc(C)cc(C)c1. The molecule has 0 aliphatic carbocycles. The lowest BCUT2D eigenvalue weighted by molar-refractivity contribution is -0.146. The lowest BCUT2D eigenvalue weighted by atomic mass is 10.1. The topological polar surface area (TPSA) is 84.9 Å². The summed E-state index contributed by atoms with van der Waals surface area (Å²) < 4.78 is 9.79. The van der Waals surface area contributed by atoms with Crippen LogP contribution in [0.25, 0.3) is 0 Å². The molecule has 1 rings (SSSR count). The van der Waals surface area contributed by atoms with Gasteiger partial charge in [-0.05, 0) is 37.1 Å². The first kappa shape index (κ1) is 16.0. The zero-order valence-corrected chi connectivity index (χ0v) is 11.8. The Morgan fingerprint density at radius 1 is 1.25 bits per heavy atom. The molecule has 1 aromatic rings. The highest BCUT2D eigenvalue weighted by Crippen LogP contribution is 2.15. The molecule has 6 heteroatoms. The number of benzene rings is 1. The van der Waals surface area contributed by atoms with E-state index in [0.29, 0.717) is 5.75 Å². The van der Waals surface area contributed by atoms with E-state index in [1.807, 2.05) is 32.0 Å². The van der Waals surface area contributed by atoms with Crippen molar-refractivity contribution >= 4 is 11.9 Å². The fourth-order valence-corrected chi connectivity index (χ4v) is 1.72. The average Bonchev–Trinajstić information content (AvgIpc) is 2.40. The molecule has 110 valence electrons. The van der Waals surface area contributed by atoms with Gasteiger partial charge in [0.15, 0.2) is 12.6 Å². The minimum atomic E-state index is -1.07. The number of aryl methyl sites for hydroxylation is 2. The van der Waals surface area contributed by atoms with Crippen LogP contribution in [0, 0.1) is 13.8 Å². The van der Waals surface area contributed by atoms with Crippen molar-refractivity contribution < 1.29 is 24.2 Å². The number of carbonyl (C=O) groups excluding carboxylic acids is 2. The summed E-state index contributed by atoms with van der Waals surface area (Å²) in [5.74, 6) is -0.628. The molecular formula is C14H19NO5. The first-order chi connectivity index (χ1) is 9.46. The Kier molecular flexibility index (Phi) is 5.99. The van der Waals surface area contributed by atoms with Crippen LogP contribution in [0.3, 0.4) is 0 Å². The molecule has 0 heterocycles. The monoisotopic (exact) mass is 281 g/mol. The number of amides is 1. The second-order valence-electron chi connectivity index (χ2n) is 4.44. The number of hydrogen-bond donors (Lipinski definition) is 2. The van der Waals surface area contributed by atoms with Crippen LogP contribution in [-0.2, 0) is 14.3 Å². The highest BCUT2D eigenvalue weighted by atomic mass is 16.5. The molecule has 0 radical (unpaired) electrons. The largest absolute Gasteiger partial charge is 0.484 e. The normalized spacial score (nSPS) is 11.6. The van der Waals surface area contributed by atoms with Gasteiger partial charge in [0.05, 0.1) is 13.7 Å². The first-order valence-electron chi connectivity index (χ1n) is 6.15. The van der Waals surface area contributed by atoms with Crippen molar-refractivity contribution in [1.82, 2.24) is 5.32 Å². The van der Waals surface area contributed by atoms with Gasteiger partial charge in [-0.15, -0.1) is 0 Å². The molecular weight excluding hydrogens is 262 g/mol. The number of ether oxygens (including phenoxy) is 2. The van der Waals surface area contributed by atoms with Crippen LogP contribution in [0.15, 0.2) is 18.2 Å². The van der Waals surface area contributed by atoms with E-state index in [4.69, 9.17) is 9.84 Å². The number of aliphatic hydroxyl groups is 1. The van der Waals surface area contributed by atoms with Gasteiger partial charge in [-0.25, -0.2) is 4.79 Å². The van der Waals surface area contributed by atoms with E-state index < -0.39 is 24.5 Å². The van der Waals surface area contributed by atoms with Crippen molar-refractivity contribution in [3.05, 3.63) is 29.3 Å². The smallest absolute Gasteiger partial charge is 0.330 e. The quantitative estimate of drug-likeness (QED) is 0.734. The van der Waals surface area contributed by atoms with Gasteiger partial charge >= 0.3 is 5.97 Å². The zero-order valence-electron chi connectivity index (χ0n) is 11.8. The standard InChI is InChI=1S/C14H19NO5/c1-9-4-10(2)6-11(5-9)20-8-13(17)15-12(7-16)14(18)19-3/h4-6,12,16H,7-8H2,1-3H3,(H,15,17)/t12-/m0/s1. The molecule has 0 saturated carbocycles. The minimum Gasteiger partial charge on any atom is -0.484 e. The summed E-state index contributed by atoms with van der Waals surface area (Å²) in [6, 6.07) is 4.54. The molecule has 0 aliphatic heterocycles. The van der Waals surface area contributed by atoms with E-state index in [2.05, 4.69) is 10.1 Å². The lowest BCUT2D eigenvalue weighted by Crippen LogP contribution is -2.45. The number of methoxy groups -OCH3 is 1. The van der Waals surface area contributed by atoms with Crippen LogP contribution < -0.4 is 10.1 Å². The predicted octanol–water partition coefficient (Wildman–Crippen LogP) is 0.332. The minimum absolute atomic E-state index is 0.240. The number of esters is 1. The maximum Gasteiger partial charge on any atom is 0.330 e. The Hall–Kier alpha value is -2.08. The summed E-state index contributed by atoms with van der Waals surface area (Å²) in [4.78, 5) is 22.8. The zero-order chi connectivity index (χ0) is 15.1. The number of rotatable bonds is 6. The molecule has 1 atom stereocenters. The Morgan fingerprint density at radius 3 is 2.35 bits per heavy atom. The van der Waals surface area contributed by atoms with E-state index in [9.17, 15) is 9.59 Å². The second kappa shape index (κ2) is 7.49. The van der Waals surface area contributed by atoms with Crippen LogP contribution in [-0.4, -0.2) is 43.3 Å². The van der Waals surface area contributed by atoms with Crippen molar-refractivity contribution in [3.63, 3.8) is 0 Å². The summed E-state index contributed by atoms with van der Waals surface area (Å²) in [5, 5.41) is 11.3. The molecule has 1 aromatic carbocycles. The van der Waals surface area contributed by atoms with Gasteiger partial charge in [-0.1, -0.05) is 6.07 Å². The highest BCUT2D eigenvalue weighted by molar-refractivity contribution is 5.85. The van der Waals surface area contributed by atoms with E-state index >= 15 is 0 Å². The maximum atomic E-state index is 11.6. The van der Waals surface area contributed by atoms with Crippen molar-refractivity contribution in [3.8, 4) is 5.75 Å². The van der Waals surface area contributed by atoms with E-state index in [1.54, 1.807) is 0 Å². The lowest BCUT2D eigenvalue weighted by Gasteiger charge is -2.14. The molecule has 0 spiro atoms. The third-order valence-electron chi connectivity index (χ3n) is 2.57. The van der Waals surface area contributed by atoms with Crippen LogP contribution in [0.1, 0.15) is 11.1 Å². The Bertz CT molecular complexity index is 466. The molecule has 0 fully saturated rings. The first-order valence-corrected chi connectivity index (χ1v) is 6.15. The van der Waals surface area contributed by atoms with E-state index in [1.165, 1.54) is 7.11 Å². The van der Waals surface area contributed by atoms with Crippen LogP contribution in [0.5, 0.6) is 5.75 Å². The summed E-state index contributed by atoms with van der Waals surface area (Å²) >= 11 is 0. The molecule has 6 nitrogen and oxygen atoms in total. The van der Waals surface area contributed by atoms with Gasteiger partial charge in [0.25, 0.3) is 5.91 Å². The number of carbonyl (C=O) groups is 2. The fraction of sp³-hybridized carbons (Fsp3) is 0.429. The van der Waals surface area contributed by atoms with Crippen LogP contribution in [0.2, 0.25) is 0 Å². The molecule has 0 bridgehead atoms. The summed E-state index contributed by atoms with van der Waals surface area (Å²) in [6.07, 6.45) is 0. The average molecular weight is 281 g/mol. The summed E-state index contributed by atoms with van der Waals surface area (Å²) in [5.41, 5.74) is 2.06. The maximum absolute atomic E-state index is 11.6. The van der Waals surface area contributed by atoms with Gasteiger partial charge in [0.1, 0.15) is 5.75 Å². The molecule has 0 aromatic heterocycles.